The van der Waals surface area contributed by atoms with Crippen molar-refractivity contribution in [2.45, 2.75) is 31.7 Å². The van der Waals surface area contributed by atoms with Gasteiger partial charge in [0.05, 0.1) is 6.54 Å². The highest BCUT2D eigenvalue weighted by Gasteiger charge is 2.34. The van der Waals surface area contributed by atoms with Crippen molar-refractivity contribution in [3.05, 3.63) is 29.6 Å². The van der Waals surface area contributed by atoms with E-state index < -0.39 is 30.9 Å². The molecule has 3 nitrogen and oxygen atoms in total. The molecule has 1 saturated heterocycles. The predicted octanol–water partition coefficient (Wildman–Crippen LogP) is 4.29. The van der Waals surface area contributed by atoms with Crippen molar-refractivity contribution in [1.82, 2.24) is 4.90 Å². The Morgan fingerprint density at radius 3 is 2.46 bits per heavy atom. The Morgan fingerprint density at radius 2 is 1.85 bits per heavy atom. The molecule has 144 valence electrons. The SMILES string of the molecule is Fc1cc2c(cc1OC(F)F)N(C1CCN(CC(F)(F)F)CC1)CC=C2. The van der Waals surface area contributed by atoms with Crippen molar-refractivity contribution >= 4 is 11.8 Å². The molecule has 1 fully saturated rings. The van der Waals surface area contributed by atoms with Crippen LogP contribution in [0.25, 0.3) is 6.08 Å². The molecule has 2 heterocycles. The van der Waals surface area contributed by atoms with Gasteiger partial charge in [0.2, 0.25) is 0 Å². The van der Waals surface area contributed by atoms with Crippen LogP contribution >= 0.6 is 0 Å². The standard InChI is InChI=1S/C17H18F6N2O/c18-13-8-11-2-1-5-25(14(11)9-15(13)26-16(19)20)12-3-6-24(7-4-12)10-17(21,22)23/h1-2,8-9,12,16H,3-7,10H2. The Balaban J connectivity index is 1.74. The predicted molar refractivity (Wildman–Crippen MR) is 84.9 cm³/mol. The molecular weight excluding hydrogens is 362 g/mol. The van der Waals surface area contributed by atoms with Gasteiger partial charge in [0.25, 0.3) is 0 Å². The van der Waals surface area contributed by atoms with Gasteiger partial charge in [0.15, 0.2) is 11.6 Å². The number of piperidine rings is 1. The van der Waals surface area contributed by atoms with Gasteiger partial charge in [-0.1, -0.05) is 12.2 Å². The molecule has 0 N–H and O–H groups in total. The molecule has 1 aromatic rings. The smallest absolute Gasteiger partial charge is 0.401 e. The molecule has 0 spiro atoms. The Kier molecular flexibility index (Phi) is 5.36. The van der Waals surface area contributed by atoms with Crippen LogP contribution in [0.4, 0.5) is 32.0 Å². The van der Waals surface area contributed by atoms with Crippen molar-refractivity contribution in [2.24, 2.45) is 0 Å². The molecule has 0 unspecified atom stereocenters. The fourth-order valence-corrected chi connectivity index (χ4v) is 3.51. The second kappa shape index (κ2) is 7.38. The van der Waals surface area contributed by atoms with Gasteiger partial charge in [-0.2, -0.15) is 22.0 Å². The summed E-state index contributed by atoms with van der Waals surface area (Å²) >= 11 is 0. The summed E-state index contributed by atoms with van der Waals surface area (Å²) in [7, 11) is 0. The highest BCUT2D eigenvalue weighted by atomic mass is 19.4. The lowest BCUT2D eigenvalue weighted by atomic mass is 9.98. The molecular formula is C17H18F6N2O. The number of likely N-dealkylation sites (tertiary alicyclic amines) is 1. The van der Waals surface area contributed by atoms with Gasteiger partial charge in [0.1, 0.15) is 0 Å². The summed E-state index contributed by atoms with van der Waals surface area (Å²) in [6.07, 6.45) is 0.293. The molecule has 2 aliphatic heterocycles. The zero-order chi connectivity index (χ0) is 18.9. The maximum atomic E-state index is 13.9. The van der Waals surface area contributed by atoms with Crippen molar-refractivity contribution in [1.29, 1.82) is 0 Å². The van der Waals surface area contributed by atoms with E-state index in [1.165, 1.54) is 11.0 Å². The van der Waals surface area contributed by atoms with Gasteiger partial charge in [0, 0.05) is 43.0 Å². The van der Waals surface area contributed by atoms with E-state index in [-0.39, 0.29) is 6.04 Å². The van der Waals surface area contributed by atoms with Gasteiger partial charge in [-0.25, -0.2) is 4.39 Å². The molecule has 0 amide bonds. The summed E-state index contributed by atoms with van der Waals surface area (Å²) in [5.74, 6) is -1.41. The minimum Gasteiger partial charge on any atom is -0.432 e. The molecule has 0 saturated carbocycles. The lowest BCUT2D eigenvalue weighted by Gasteiger charge is -2.41. The highest BCUT2D eigenvalue weighted by Crippen LogP contribution is 2.36. The third-order valence-electron chi connectivity index (χ3n) is 4.61. The minimum atomic E-state index is -4.23. The summed E-state index contributed by atoms with van der Waals surface area (Å²) < 4.78 is 80.5. The summed E-state index contributed by atoms with van der Waals surface area (Å²) in [4.78, 5) is 3.27. The topological polar surface area (TPSA) is 15.7 Å². The number of benzene rings is 1. The molecule has 0 aromatic heterocycles. The summed E-state index contributed by atoms with van der Waals surface area (Å²) in [6.45, 7) is -3.01. The molecule has 9 heteroatoms. The zero-order valence-corrected chi connectivity index (χ0v) is 13.8. The second-order valence-corrected chi connectivity index (χ2v) is 6.40. The number of nitrogens with zero attached hydrogens (tertiary/aromatic N) is 2. The lowest BCUT2D eigenvalue weighted by Crippen LogP contribution is -2.48. The van der Waals surface area contributed by atoms with Crippen molar-refractivity contribution in [3.63, 3.8) is 0 Å². The van der Waals surface area contributed by atoms with E-state index in [2.05, 4.69) is 4.74 Å². The third-order valence-corrected chi connectivity index (χ3v) is 4.61. The number of ether oxygens (including phenoxy) is 1. The molecule has 2 aliphatic rings. The number of rotatable bonds is 4. The van der Waals surface area contributed by atoms with E-state index in [1.54, 1.807) is 6.08 Å². The number of halogens is 6. The fraction of sp³-hybridized carbons (Fsp3) is 0.529. The van der Waals surface area contributed by atoms with Gasteiger partial charge in [-0.15, -0.1) is 0 Å². The number of fused-ring (bicyclic) bond motifs is 1. The van der Waals surface area contributed by atoms with Gasteiger partial charge >= 0.3 is 12.8 Å². The Morgan fingerprint density at radius 1 is 1.15 bits per heavy atom. The minimum absolute atomic E-state index is 0.0481. The zero-order valence-electron chi connectivity index (χ0n) is 13.8. The van der Waals surface area contributed by atoms with Crippen LogP contribution in [0.1, 0.15) is 18.4 Å². The molecule has 0 bridgehead atoms. The van der Waals surface area contributed by atoms with Crippen LogP contribution in [-0.4, -0.2) is 49.9 Å². The van der Waals surface area contributed by atoms with Crippen LogP contribution < -0.4 is 9.64 Å². The molecule has 0 aliphatic carbocycles. The fourth-order valence-electron chi connectivity index (χ4n) is 3.51. The quantitative estimate of drug-likeness (QED) is 0.725. The van der Waals surface area contributed by atoms with Crippen molar-refractivity contribution < 1.29 is 31.1 Å². The van der Waals surface area contributed by atoms with E-state index in [0.29, 0.717) is 43.7 Å². The molecule has 1 aromatic carbocycles. The highest BCUT2D eigenvalue weighted by molar-refractivity contribution is 5.73. The second-order valence-electron chi connectivity index (χ2n) is 6.40. The number of hydrogen-bond donors (Lipinski definition) is 0. The van der Waals surface area contributed by atoms with E-state index >= 15 is 0 Å². The first-order valence-electron chi connectivity index (χ1n) is 8.23. The van der Waals surface area contributed by atoms with E-state index in [1.807, 2.05) is 11.0 Å². The lowest BCUT2D eigenvalue weighted by molar-refractivity contribution is -0.147. The first-order valence-corrected chi connectivity index (χ1v) is 8.23. The normalized spacial score (nSPS) is 19.1. The van der Waals surface area contributed by atoms with Crippen molar-refractivity contribution in [3.8, 4) is 5.75 Å². The van der Waals surface area contributed by atoms with Gasteiger partial charge < -0.3 is 9.64 Å². The average molecular weight is 380 g/mol. The third kappa shape index (κ3) is 4.44. The number of alkyl halides is 5. The van der Waals surface area contributed by atoms with E-state index in [4.69, 9.17) is 0 Å². The van der Waals surface area contributed by atoms with Crippen LogP contribution in [0.5, 0.6) is 5.75 Å². The average Bonchev–Trinajstić information content (AvgIpc) is 2.54. The molecule has 26 heavy (non-hydrogen) atoms. The Hall–Kier alpha value is -1.90. The monoisotopic (exact) mass is 380 g/mol. The maximum Gasteiger partial charge on any atom is 0.401 e. The first kappa shape index (κ1) is 18.9. The van der Waals surface area contributed by atoms with Crippen LogP contribution in [0.15, 0.2) is 18.2 Å². The molecule has 3 rings (SSSR count). The summed E-state index contributed by atoms with van der Waals surface area (Å²) in [5, 5.41) is 0. The Labute approximate surface area is 146 Å². The first-order chi connectivity index (χ1) is 12.2. The van der Waals surface area contributed by atoms with Gasteiger partial charge in [-0.05, 0) is 18.9 Å². The van der Waals surface area contributed by atoms with Crippen LogP contribution in [0.3, 0.4) is 0 Å². The largest absolute Gasteiger partial charge is 0.432 e. The van der Waals surface area contributed by atoms with Gasteiger partial charge in [-0.3, -0.25) is 4.90 Å². The number of anilines is 1. The summed E-state index contributed by atoms with van der Waals surface area (Å²) in [6, 6.07) is 2.32. The van der Waals surface area contributed by atoms with E-state index in [9.17, 15) is 26.3 Å². The molecule has 0 radical (unpaired) electrons. The van der Waals surface area contributed by atoms with E-state index in [0.717, 1.165) is 6.07 Å². The number of hydrogen-bond acceptors (Lipinski definition) is 3. The van der Waals surface area contributed by atoms with Crippen LogP contribution in [0.2, 0.25) is 0 Å². The van der Waals surface area contributed by atoms with Crippen molar-refractivity contribution in [2.75, 3.05) is 31.1 Å². The summed E-state index contributed by atoms with van der Waals surface area (Å²) in [5.41, 5.74) is 1.09. The Bertz CT molecular complexity index is 668. The molecule has 0 atom stereocenters. The van der Waals surface area contributed by atoms with Crippen LogP contribution in [0, 0.1) is 5.82 Å². The van der Waals surface area contributed by atoms with Crippen LogP contribution in [-0.2, 0) is 0 Å². The maximum absolute atomic E-state index is 13.9.